The summed E-state index contributed by atoms with van der Waals surface area (Å²) >= 11 is 0. The minimum absolute atomic E-state index is 0.0118. The largest absolute Gasteiger partial charge is 0.508 e. The summed E-state index contributed by atoms with van der Waals surface area (Å²) in [5.41, 5.74) is 5.03. The molecule has 0 fully saturated rings. The Morgan fingerprint density at radius 3 is 2.27 bits per heavy atom. The monoisotopic (exact) mass is 657 g/mol. The number of aromatic amines is 1. The quantitative estimate of drug-likeness (QED) is 0.0755. The molecular formula is C33H31N5O10. The highest BCUT2D eigenvalue weighted by Crippen LogP contribution is 2.47. The molecule has 1 aliphatic rings. The number of amides is 2. The van der Waals surface area contributed by atoms with Crippen LogP contribution >= 0.6 is 0 Å². The van der Waals surface area contributed by atoms with Gasteiger partial charge in [-0.25, -0.2) is 10.4 Å². The van der Waals surface area contributed by atoms with Crippen LogP contribution in [0.25, 0.3) is 43.6 Å². The van der Waals surface area contributed by atoms with E-state index in [1.807, 2.05) is 0 Å². The Balaban J connectivity index is 1.56. The van der Waals surface area contributed by atoms with Crippen LogP contribution in [0.1, 0.15) is 45.0 Å². The fourth-order valence-corrected chi connectivity index (χ4v) is 6.51. The van der Waals surface area contributed by atoms with Crippen LogP contribution in [0.3, 0.4) is 0 Å². The smallest absolute Gasteiger partial charge is 0.276 e. The van der Waals surface area contributed by atoms with E-state index in [1.165, 1.54) is 54.2 Å². The molecule has 3 aromatic carbocycles. The molecule has 0 saturated heterocycles. The lowest BCUT2D eigenvalue weighted by Gasteiger charge is -2.29. The Bertz CT molecular complexity index is 2260. The summed E-state index contributed by atoms with van der Waals surface area (Å²) in [6, 6.07) is 10.3. The van der Waals surface area contributed by atoms with Crippen molar-refractivity contribution in [1.82, 2.24) is 25.0 Å². The number of aromatic hydroxyl groups is 2. The third-order valence-corrected chi connectivity index (χ3v) is 8.74. The lowest BCUT2D eigenvalue weighted by molar-refractivity contribution is -0.212. The van der Waals surface area contributed by atoms with Crippen LogP contribution in [0, 0.1) is 0 Å². The van der Waals surface area contributed by atoms with Crippen LogP contribution in [0.2, 0.25) is 0 Å². The van der Waals surface area contributed by atoms with Crippen LogP contribution in [0.5, 0.6) is 11.5 Å². The van der Waals surface area contributed by atoms with E-state index in [-0.39, 0.29) is 57.7 Å². The number of aromatic nitrogens is 3. The third kappa shape index (κ3) is 4.76. The maximum Gasteiger partial charge on any atom is 0.276 e. The molecule has 15 heteroatoms. The summed E-state index contributed by atoms with van der Waals surface area (Å²) in [7, 11) is 0. The molecule has 6 aromatic rings. The second-order valence-corrected chi connectivity index (χ2v) is 11.6. The molecule has 2 amide bonds. The van der Waals surface area contributed by atoms with Gasteiger partial charge in [-0.2, -0.15) is 0 Å². The second-order valence-electron chi connectivity index (χ2n) is 11.6. The molecule has 4 heterocycles. The zero-order valence-corrected chi connectivity index (χ0v) is 25.3. The summed E-state index contributed by atoms with van der Waals surface area (Å²) < 4.78 is 7.22. The van der Waals surface area contributed by atoms with E-state index in [4.69, 9.17) is 4.74 Å². The standard InChI is InChI=1S/C33H31N5O10/c1-14(41)23(13-40)48-32(33(46)47)37-22-9-18(43)3-5-20(22)25-27-26(24-19-4-2-17(42)8-21(19)36-28(24)29(25)37)30(44)38(31(27)45)35-11-15-6-7-34-10-16(15)12-39/h2-10,14,23,32-33,35-36,39-43,46-47H,11-13H2,1H3. The van der Waals surface area contributed by atoms with Crippen LogP contribution in [0.15, 0.2) is 54.9 Å². The van der Waals surface area contributed by atoms with Gasteiger partial charge in [0.15, 0.2) is 12.5 Å². The minimum Gasteiger partial charge on any atom is -0.508 e. The van der Waals surface area contributed by atoms with E-state index in [2.05, 4.69) is 15.4 Å². The number of carbonyl (C=O) groups excluding carboxylic acids is 2. The van der Waals surface area contributed by atoms with Gasteiger partial charge in [-0.3, -0.25) is 14.6 Å². The highest BCUT2D eigenvalue weighted by molar-refractivity contribution is 6.39. The molecule has 15 nitrogen and oxygen atoms in total. The van der Waals surface area contributed by atoms with E-state index in [1.54, 1.807) is 12.1 Å². The van der Waals surface area contributed by atoms with Gasteiger partial charge in [0.25, 0.3) is 11.8 Å². The number of phenolic OH excluding ortho intramolecular Hbond substituents is 2. The zero-order chi connectivity index (χ0) is 34.0. The van der Waals surface area contributed by atoms with Crippen molar-refractivity contribution in [3.8, 4) is 11.5 Å². The summed E-state index contributed by atoms with van der Waals surface area (Å²) in [6.07, 6.45) is -3.46. The zero-order valence-electron chi connectivity index (χ0n) is 25.3. The van der Waals surface area contributed by atoms with Gasteiger partial charge in [-0.1, -0.05) is 0 Å². The molecule has 3 atom stereocenters. The first-order chi connectivity index (χ1) is 23.0. The molecule has 9 N–H and O–H groups in total. The van der Waals surface area contributed by atoms with Crippen molar-refractivity contribution in [3.63, 3.8) is 0 Å². The Labute approximate surface area is 270 Å². The number of pyridine rings is 1. The number of rotatable bonds is 10. The molecule has 7 rings (SSSR count). The summed E-state index contributed by atoms with van der Waals surface area (Å²) in [6.45, 7) is 0.357. The van der Waals surface area contributed by atoms with Crippen molar-refractivity contribution in [2.45, 2.75) is 44.8 Å². The fraction of sp³-hybridized carbons (Fsp3) is 0.242. The third-order valence-electron chi connectivity index (χ3n) is 8.74. The number of ether oxygens (including phenoxy) is 1. The van der Waals surface area contributed by atoms with E-state index < -0.39 is 43.1 Å². The van der Waals surface area contributed by atoms with Crippen LogP contribution in [-0.4, -0.2) is 92.2 Å². The number of benzene rings is 3. The Morgan fingerprint density at radius 1 is 0.917 bits per heavy atom. The number of imide groups is 1. The Morgan fingerprint density at radius 2 is 1.60 bits per heavy atom. The van der Waals surface area contributed by atoms with Gasteiger partial charge >= 0.3 is 0 Å². The predicted octanol–water partition coefficient (Wildman–Crippen LogP) is 1.60. The van der Waals surface area contributed by atoms with Crippen molar-refractivity contribution >= 4 is 55.4 Å². The number of nitrogens with zero attached hydrogens (tertiary/aromatic N) is 3. The Kier molecular flexibility index (Phi) is 7.76. The predicted molar refractivity (Wildman–Crippen MR) is 171 cm³/mol. The molecule has 0 spiro atoms. The van der Waals surface area contributed by atoms with Gasteiger partial charge in [0, 0.05) is 58.2 Å². The molecule has 0 radical (unpaired) electrons. The van der Waals surface area contributed by atoms with Crippen molar-refractivity contribution in [1.29, 1.82) is 0 Å². The number of phenols is 2. The Hall–Kier alpha value is -5.13. The molecular weight excluding hydrogens is 626 g/mol. The fourth-order valence-electron chi connectivity index (χ4n) is 6.51. The van der Waals surface area contributed by atoms with Crippen molar-refractivity contribution in [2.75, 3.05) is 6.61 Å². The first-order valence-electron chi connectivity index (χ1n) is 15.0. The molecule has 3 aromatic heterocycles. The van der Waals surface area contributed by atoms with Crippen LogP contribution in [-0.2, 0) is 17.9 Å². The molecule has 3 unspecified atom stereocenters. The SMILES string of the molecule is CC(O)C(CO)OC(C(O)O)n1c2cc(O)ccc2c2c3c(c4c5ccc(O)cc5[nH]c4c21)C(=O)N(NCc1ccncc1CO)C3=O. The molecule has 0 aliphatic carbocycles. The average Bonchev–Trinajstić information content (AvgIpc) is 3.67. The lowest BCUT2D eigenvalue weighted by Crippen LogP contribution is -2.42. The maximum atomic E-state index is 14.4. The second kappa shape index (κ2) is 11.8. The highest BCUT2D eigenvalue weighted by Gasteiger charge is 2.43. The van der Waals surface area contributed by atoms with Gasteiger partial charge in [0.05, 0.1) is 52.5 Å². The van der Waals surface area contributed by atoms with Gasteiger partial charge in [-0.15, -0.1) is 0 Å². The summed E-state index contributed by atoms with van der Waals surface area (Å²) in [5.74, 6) is -1.69. The van der Waals surface area contributed by atoms with Crippen molar-refractivity contribution in [2.24, 2.45) is 0 Å². The number of H-pyrrole nitrogens is 1. The van der Waals surface area contributed by atoms with Gasteiger partial charge in [-0.05, 0) is 42.8 Å². The number of hydrogen-bond donors (Lipinski definition) is 9. The number of carbonyl (C=O) groups is 2. The van der Waals surface area contributed by atoms with Gasteiger partial charge in [0.2, 0.25) is 0 Å². The molecule has 0 bridgehead atoms. The minimum atomic E-state index is -2.24. The van der Waals surface area contributed by atoms with E-state index in [9.17, 15) is 45.3 Å². The number of fused-ring (bicyclic) bond motifs is 10. The molecule has 48 heavy (non-hydrogen) atoms. The number of aliphatic hydroxyl groups excluding tert-OH is 4. The first kappa shape index (κ1) is 31.5. The number of hydrazine groups is 1. The summed E-state index contributed by atoms with van der Waals surface area (Å²) in [5, 5.41) is 74.4. The first-order valence-corrected chi connectivity index (χ1v) is 15.0. The lowest BCUT2D eigenvalue weighted by atomic mass is 9.96. The number of nitrogens with one attached hydrogen (secondary N) is 2. The topological polar surface area (TPSA) is 234 Å². The highest BCUT2D eigenvalue weighted by atomic mass is 16.6. The maximum absolute atomic E-state index is 14.4. The normalized spacial score (nSPS) is 15.4. The van der Waals surface area contributed by atoms with Crippen molar-refractivity contribution in [3.05, 3.63) is 77.1 Å². The number of hydrogen-bond acceptors (Lipinski definition) is 12. The molecule has 1 aliphatic heterocycles. The van der Waals surface area contributed by atoms with E-state index in [0.717, 1.165) is 5.01 Å². The van der Waals surface area contributed by atoms with E-state index >= 15 is 0 Å². The van der Waals surface area contributed by atoms with Crippen LogP contribution in [0.4, 0.5) is 0 Å². The number of aliphatic hydroxyl groups is 5. The van der Waals surface area contributed by atoms with Crippen LogP contribution < -0.4 is 5.43 Å². The molecule has 0 saturated carbocycles. The van der Waals surface area contributed by atoms with Crippen molar-refractivity contribution < 1.29 is 50.1 Å². The average molecular weight is 658 g/mol. The molecule has 248 valence electrons. The van der Waals surface area contributed by atoms with Gasteiger partial charge < -0.3 is 50.0 Å². The van der Waals surface area contributed by atoms with Gasteiger partial charge in [0.1, 0.15) is 17.6 Å². The summed E-state index contributed by atoms with van der Waals surface area (Å²) in [4.78, 5) is 35.8. The van der Waals surface area contributed by atoms with E-state index in [0.29, 0.717) is 32.8 Å².